The lowest BCUT2D eigenvalue weighted by molar-refractivity contribution is -0.127. The quantitative estimate of drug-likeness (QED) is 0.573. The number of carbonyl (C=O) groups is 1. The van der Waals surface area contributed by atoms with E-state index in [-0.39, 0.29) is 18.3 Å². The zero-order chi connectivity index (χ0) is 18.4. The van der Waals surface area contributed by atoms with Crippen molar-refractivity contribution in [1.29, 1.82) is 0 Å². The maximum absolute atomic E-state index is 12.2. The van der Waals surface area contributed by atoms with E-state index in [4.69, 9.17) is 16.3 Å². The van der Waals surface area contributed by atoms with E-state index in [2.05, 4.69) is 15.2 Å². The highest BCUT2D eigenvalue weighted by molar-refractivity contribution is 7.99. The second kappa shape index (κ2) is 9.07. The van der Waals surface area contributed by atoms with Crippen LogP contribution in [0.3, 0.4) is 0 Å². The Morgan fingerprint density at radius 2 is 2.15 bits per heavy atom. The average molecular weight is 409 g/mol. The smallest absolute Gasteiger partial charge is 0.233 e. The van der Waals surface area contributed by atoms with Gasteiger partial charge in [-0.15, -0.1) is 16.4 Å². The van der Waals surface area contributed by atoms with Crippen molar-refractivity contribution in [3.8, 4) is 5.75 Å². The Morgan fingerprint density at radius 3 is 2.88 bits per heavy atom. The number of nitrogens with one attached hydrogen (secondary N) is 1. The van der Waals surface area contributed by atoms with E-state index in [0.29, 0.717) is 28.3 Å². The summed E-state index contributed by atoms with van der Waals surface area (Å²) in [6, 6.07) is 11.1. The number of thioether (sulfide) groups is 1. The summed E-state index contributed by atoms with van der Waals surface area (Å²) in [4.78, 5) is 19.4. The van der Waals surface area contributed by atoms with Crippen LogP contribution < -0.4 is 4.74 Å². The molecule has 0 atom stereocenters. The molecule has 0 aliphatic rings. The molecule has 26 heavy (non-hydrogen) atoms. The first-order valence-electron chi connectivity index (χ1n) is 7.79. The Kier molecular flexibility index (Phi) is 6.54. The molecule has 9 heteroatoms. The summed E-state index contributed by atoms with van der Waals surface area (Å²) in [6.45, 7) is 0.882. The summed E-state index contributed by atoms with van der Waals surface area (Å²) in [6.07, 6.45) is 0. The first-order chi connectivity index (χ1) is 12.6. The molecule has 0 bridgehead atoms. The van der Waals surface area contributed by atoms with Gasteiger partial charge in [0.2, 0.25) is 11.1 Å². The summed E-state index contributed by atoms with van der Waals surface area (Å²) in [5.41, 5.74) is 0. The number of hydrogen-bond acceptors (Lipinski definition) is 6. The van der Waals surface area contributed by atoms with Crippen LogP contribution in [-0.4, -0.2) is 38.8 Å². The minimum atomic E-state index is 0.0344. The maximum atomic E-state index is 12.2. The lowest BCUT2D eigenvalue weighted by Crippen LogP contribution is -2.27. The molecule has 3 aromatic rings. The van der Waals surface area contributed by atoms with Gasteiger partial charge in [-0.25, -0.2) is 4.98 Å². The predicted octanol–water partition coefficient (Wildman–Crippen LogP) is 3.85. The fourth-order valence-corrected chi connectivity index (χ4v) is 3.69. The molecule has 0 radical (unpaired) electrons. The fourth-order valence-electron chi connectivity index (χ4n) is 2.05. The summed E-state index contributed by atoms with van der Waals surface area (Å²) >= 11 is 8.78. The zero-order valence-electron chi connectivity index (χ0n) is 14.0. The minimum Gasteiger partial charge on any atom is -0.486 e. The molecule has 2 heterocycles. The van der Waals surface area contributed by atoms with Crippen molar-refractivity contribution in [2.24, 2.45) is 0 Å². The maximum Gasteiger partial charge on any atom is 0.233 e. The third kappa shape index (κ3) is 5.48. The van der Waals surface area contributed by atoms with E-state index in [1.165, 1.54) is 11.8 Å². The molecule has 0 saturated heterocycles. The molecule has 0 aliphatic carbocycles. The van der Waals surface area contributed by atoms with Crippen LogP contribution >= 0.6 is 34.7 Å². The average Bonchev–Trinajstić information content (AvgIpc) is 3.31. The van der Waals surface area contributed by atoms with Gasteiger partial charge < -0.3 is 9.64 Å². The van der Waals surface area contributed by atoms with Gasteiger partial charge in [0.05, 0.1) is 12.3 Å². The molecule has 6 nitrogen and oxygen atoms in total. The molecular formula is C17H17ClN4O2S2. The number of H-pyrrole nitrogens is 1. The van der Waals surface area contributed by atoms with Crippen molar-refractivity contribution >= 4 is 40.6 Å². The number of benzene rings is 1. The SMILES string of the molecule is CN(Cc1cccs1)C(=O)CSc1n[nH]c(COc2ccc(Cl)cc2)n1. The summed E-state index contributed by atoms with van der Waals surface area (Å²) < 4.78 is 5.61. The van der Waals surface area contributed by atoms with E-state index in [9.17, 15) is 4.79 Å². The summed E-state index contributed by atoms with van der Waals surface area (Å²) in [7, 11) is 1.80. The number of rotatable bonds is 8. The van der Waals surface area contributed by atoms with Gasteiger partial charge in [-0.05, 0) is 35.7 Å². The van der Waals surface area contributed by atoms with Gasteiger partial charge >= 0.3 is 0 Å². The molecule has 136 valence electrons. The third-order valence-electron chi connectivity index (χ3n) is 3.42. The van der Waals surface area contributed by atoms with Gasteiger partial charge in [-0.1, -0.05) is 29.4 Å². The van der Waals surface area contributed by atoms with Crippen LogP contribution in [0.1, 0.15) is 10.7 Å². The highest BCUT2D eigenvalue weighted by Crippen LogP contribution is 2.18. The normalized spacial score (nSPS) is 10.7. The Bertz CT molecular complexity index is 837. The van der Waals surface area contributed by atoms with Crippen LogP contribution in [0, 0.1) is 0 Å². The molecule has 2 aromatic heterocycles. The van der Waals surface area contributed by atoms with Crippen molar-refractivity contribution in [2.75, 3.05) is 12.8 Å². The molecule has 0 unspecified atom stereocenters. The number of hydrogen-bond donors (Lipinski definition) is 1. The standard InChI is InChI=1S/C17H17ClN4O2S2/c1-22(9-14-3-2-8-25-14)16(23)11-26-17-19-15(20-21-17)10-24-13-6-4-12(18)5-7-13/h2-8H,9-11H2,1H3,(H,19,20,21). The van der Waals surface area contributed by atoms with E-state index in [1.807, 2.05) is 17.5 Å². The topological polar surface area (TPSA) is 71.1 Å². The number of nitrogens with zero attached hydrogens (tertiary/aromatic N) is 3. The summed E-state index contributed by atoms with van der Waals surface area (Å²) in [5, 5.41) is 10.1. The van der Waals surface area contributed by atoms with Crippen molar-refractivity contribution < 1.29 is 9.53 Å². The van der Waals surface area contributed by atoms with Crippen molar-refractivity contribution in [2.45, 2.75) is 18.3 Å². The van der Waals surface area contributed by atoms with Crippen LogP contribution in [0.15, 0.2) is 46.9 Å². The molecule has 1 N–H and O–H groups in total. The third-order valence-corrected chi connectivity index (χ3v) is 5.37. The van der Waals surface area contributed by atoms with Crippen molar-refractivity contribution in [3.05, 3.63) is 57.5 Å². The number of carbonyl (C=O) groups excluding carboxylic acids is 1. The van der Waals surface area contributed by atoms with Crippen LogP contribution in [0.5, 0.6) is 5.75 Å². The van der Waals surface area contributed by atoms with Gasteiger partial charge in [-0.3, -0.25) is 9.89 Å². The Hall–Kier alpha value is -2.03. The predicted molar refractivity (Wildman–Crippen MR) is 104 cm³/mol. The molecule has 0 saturated carbocycles. The number of thiophene rings is 1. The molecule has 1 amide bonds. The van der Waals surface area contributed by atoms with E-state index >= 15 is 0 Å². The van der Waals surface area contributed by atoms with Gasteiger partial charge in [-0.2, -0.15) is 0 Å². The largest absolute Gasteiger partial charge is 0.486 e. The van der Waals surface area contributed by atoms with Crippen molar-refractivity contribution in [3.63, 3.8) is 0 Å². The first kappa shape index (κ1) is 18.8. The molecule has 0 aliphatic heterocycles. The first-order valence-corrected chi connectivity index (χ1v) is 10.0. The number of amides is 1. The van der Waals surface area contributed by atoms with E-state index in [1.54, 1.807) is 47.5 Å². The number of ether oxygens (including phenoxy) is 1. The highest BCUT2D eigenvalue weighted by Gasteiger charge is 2.12. The molecule has 0 fully saturated rings. The second-order valence-electron chi connectivity index (χ2n) is 5.43. The Labute approximate surface area is 164 Å². The van der Waals surface area contributed by atoms with Crippen LogP contribution in [0.2, 0.25) is 5.02 Å². The van der Waals surface area contributed by atoms with Gasteiger partial charge in [0.25, 0.3) is 0 Å². The molecule has 0 spiro atoms. The lowest BCUT2D eigenvalue weighted by atomic mass is 10.3. The fraction of sp³-hybridized carbons (Fsp3) is 0.235. The Morgan fingerprint density at radius 1 is 1.35 bits per heavy atom. The van der Waals surface area contributed by atoms with Crippen LogP contribution in [0.4, 0.5) is 0 Å². The van der Waals surface area contributed by atoms with Gasteiger partial charge in [0, 0.05) is 16.9 Å². The van der Waals surface area contributed by atoms with Crippen LogP contribution in [0.25, 0.3) is 0 Å². The molecule has 1 aromatic carbocycles. The second-order valence-corrected chi connectivity index (χ2v) is 7.84. The summed E-state index contributed by atoms with van der Waals surface area (Å²) in [5.74, 6) is 1.62. The van der Waals surface area contributed by atoms with Crippen molar-refractivity contribution in [1.82, 2.24) is 20.1 Å². The van der Waals surface area contributed by atoms with E-state index < -0.39 is 0 Å². The highest BCUT2D eigenvalue weighted by atomic mass is 35.5. The number of halogens is 1. The van der Waals surface area contributed by atoms with E-state index in [0.717, 1.165) is 4.88 Å². The number of aromatic nitrogens is 3. The molecule has 3 rings (SSSR count). The monoisotopic (exact) mass is 408 g/mol. The van der Waals surface area contributed by atoms with Gasteiger partial charge in [0.15, 0.2) is 5.82 Å². The lowest BCUT2D eigenvalue weighted by Gasteiger charge is -2.15. The molecular weight excluding hydrogens is 392 g/mol. The minimum absolute atomic E-state index is 0.0344. The zero-order valence-corrected chi connectivity index (χ0v) is 16.4. The van der Waals surface area contributed by atoms with Crippen LogP contribution in [-0.2, 0) is 17.9 Å². The van der Waals surface area contributed by atoms with Gasteiger partial charge in [0.1, 0.15) is 12.4 Å². The Balaban J connectivity index is 1.44. The number of aromatic amines is 1.